The summed E-state index contributed by atoms with van der Waals surface area (Å²) in [6.45, 7) is 10.9. The van der Waals surface area contributed by atoms with E-state index >= 15 is 0 Å². The van der Waals surface area contributed by atoms with E-state index in [0.29, 0.717) is 30.6 Å². The number of sulfonamides is 1. The van der Waals surface area contributed by atoms with Crippen molar-refractivity contribution < 1.29 is 22.7 Å². The number of hydrogen-bond donors (Lipinski definition) is 1. The topological polar surface area (TPSA) is 91.4 Å². The largest absolute Gasteiger partial charge is 0.490 e. The van der Waals surface area contributed by atoms with E-state index in [4.69, 9.17) is 21.1 Å². The lowest BCUT2D eigenvalue weighted by atomic mass is 9.63. The lowest BCUT2D eigenvalue weighted by molar-refractivity contribution is -0.0987. The van der Waals surface area contributed by atoms with Gasteiger partial charge >= 0.3 is 0 Å². The number of benzene rings is 2. The summed E-state index contributed by atoms with van der Waals surface area (Å²) in [5.41, 5.74) is 2.97. The van der Waals surface area contributed by atoms with Crippen molar-refractivity contribution in [1.29, 1.82) is 0 Å². The predicted molar refractivity (Wildman–Crippen MR) is 215 cm³/mol. The molecule has 0 radical (unpaired) electrons. The third-order valence-electron chi connectivity index (χ3n) is 14.3. The average Bonchev–Trinajstić information content (AvgIpc) is 3.47. The summed E-state index contributed by atoms with van der Waals surface area (Å²) in [5, 5.41) is -0.0132. The van der Waals surface area contributed by atoms with E-state index in [0.717, 1.165) is 87.8 Å². The van der Waals surface area contributed by atoms with Crippen LogP contribution in [0.15, 0.2) is 48.6 Å². The van der Waals surface area contributed by atoms with Gasteiger partial charge in [0.05, 0.1) is 17.5 Å². The smallest absolute Gasteiger partial charge is 0.264 e. The molecule has 2 aliphatic carbocycles. The van der Waals surface area contributed by atoms with Crippen LogP contribution in [-0.4, -0.2) is 101 Å². The van der Waals surface area contributed by atoms with Crippen molar-refractivity contribution in [3.8, 4) is 5.75 Å². The maximum Gasteiger partial charge on any atom is 0.264 e. The third-order valence-corrected chi connectivity index (χ3v) is 16.4. The van der Waals surface area contributed by atoms with Crippen molar-refractivity contribution in [2.45, 2.75) is 100 Å². The Hall–Kier alpha value is -2.63. The first kappa shape index (κ1) is 38.3. The van der Waals surface area contributed by atoms with Crippen LogP contribution in [0.2, 0.25) is 5.02 Å². The molecule has 0 aromatic heterocycles. The van der Waals surface area contributed by atoms with Gasteiger partial charge in [-0.25, -0.2) is 13.1 Å². The van der Waals surface area contributed by atoms with E-state index in [1.54, 1.807) is 13.0 Å². The summed E-state index contributed by atoms with van der Waals surface area (Å²) in [5.74, 6) is 0.548. The van der Waals surface area contributed by atoms with Gasteiger partial charge in [-0.2, -0.15) is 0 Å². The van der Waals surface area contributed by atoms with Gasteiger partial charge in [0.25, 0.3) is 5.91 Å². The molecule has 3 fully saturated rings. The fraction of sp³-hybridized carbons (Fsp3) is 0.651. The van der Waals surface area contributed by atoms with Gasteiger partial charge in [-0.15, -0.1) is 0 Å². The monoisotopic (exact) mass is 778 g/mol. The SMILES string of the molecule is CO[C@]1(CN2CCN3CCCCC[C@H]3C2)/C=C/C[C@H](C)[C@@H](C)S(=O)(=O)NC(=O)c2ccc3c(c2)N(C[C@@H]2CC[C@H]21)C[C@@]1(CCCc2cc(Cl)ccc21)CO3. The molecule has 2 aromatic carbocycles. The fourth-order valence-corrected chi connectivity index (χ4v) is 12.2. The molecule has 11 heteroatoms. The van der Waals surface area contributed by atoms with Crippen LogP contribution >= 0.6 is 11.6 Å². The summed E-state index contributed by atoms with van der Waals surface area (Å²) in [7, 11) is -2.07. The summed E-state index contributed by atoms with van der Waals surface area (Å²) in [4.78, 5) is 21.5. The summed E-state index contributed by atoms with van der Waals surface area (Å²) < 4.78 is 43.2. The zero-order chi connectivity index (χ0) is 37.7. The molecule has 1 N–H and O–H groups in total. The van der Waals surface area contributed by atoms with Gasteiger partial charge in [0.1, 0.15) is 11.4 Å². The molecule has 4 aliphatic heterocycles. The standard InChI is InChI=1S/C43H59ClN4O5S/c1-30-9-7-19-43(52-3,28-46-21-22-47-20-6-4-5-11-36(47)26-46)38-15-12-34(38)25-48-27-42(18-8-10-32-23-35(44)14-16-37(32)42)29-53-40-17-13-33(24-39(40)48)41(49)45-54(50,51)31(30)2/h7,13-14,16-17,19,23-24,30-31,34,36,38H,4-6,8-12,15,18,20-22,25-29H2,1-3H3,(H,45,49)/b19-7+/t30-,31+,34-,36-,38+,42-,43-/m0/s1. The highest BCUT2D eigenvalue weighted by Gasteiger charge is 2.50. The molecule has 2 aromatic rings. The van der Waals surface area contributed by atoms with E-state index in [1.807, 2.05) is 32.2 Å². The minimum absolute atomic E-state index is 0.207. The van der Waals surface area contributed by atoms with Gasteiger partial charge in [0, 0.05) is 68.4 Å². The zero-order valence-corrected chi connectivity index (χ0v) is 34.0. The number of hydrogen-bond acceptors (Lipinski definition) is 8. The van der Waals surface area contributed by atoms with Crippen LogP contribution in [0.1, 0.15) is 93.1 Å². The van der Waals surface area contributed by atoms with Crippen molar-refractivity contribution in [2.24, 2.45) is 17.8 Å². The maximum atomic E-state index is 13.7. The first-order valence-electron chi connectivity index (χ1n) is 20.6. The number of carbonyl (C=O) groups is 1. The highest BCUT2D eigenvalue weighted by atomic mass is 35.5. The number of nitrogens with zero attached hydrogens (tertiary/aromatic N) is 3. The quantitative estimate of drug-likeness (QED) is 0.340. The Labute approximate surface area is 327 Å². The molecule has 9 nitrogen and oxygen atoms in total. The van der Waals surface area contributed by atoms with Gasteiger partial charge in [-0.05, 0) is 124 Å². The summed E-state index contributed by atoms with van der Waals surface area (Å²) in [6.07, 6.45) is 15.4. The van der Waals surface area contributed by atoms with E-state index < -0.39 is 26.8 Å². The number of carbonyl (C=O) groups excluding carboxylic acids is 1. The number of nitrogens with one attached hydrogen (secondary N) is 1. The second-order valence-electron chi connectivity index (χ2n) is 17.5. The van der Waals surface area contributed by atoms with Crippen LogP contribution in [0, 0.1) is 17.8 Å². The van der Waals surface area contributed by atoms with Gasteiger partial charge in [-0.3, -0.25) is 14.6 Å². The number of methoxy groups -OCH3 is 1. The molecule has 294 valence electrons. The molecule has 1 amide bonds. The van der Waals surface area contributed by atoms with E-state index in [1.165, 1.54) is 43.4 Å². The Bertz CT molecular complexity index is 1860. The molecular formula is C43H59ClN4O5S. The molecule has 1 spiro atoms. The number of anilines is 1. The number of amides is 1. The molecule has 2 saturated heterocycles. The summed E-state index contributed by atoms with van der Waals surface area (Å²) >= 11 is 6.52. The molecule has 0 unspecified atom stereocenters. The Kier molecular flexibility index (Phi) is 10.9. The van der Waals surface area contributed by atoms with Crippen molar-refractivity contribution in [3.63, 3.8) is 0 Å². The number of piperazine rings is 1. The Morgan fingerprint density at radius 3 is 2.69 bits per heavy atom. The number of halogens is 1. The number of allylic oxidation sites excluding steroid dienone is 1. The fourth-order valence-electron chi connectivity index (χ4n) is 10.7. The number of fused-ring (bicyclic) bond motifs is 5. The van der Waals surface area contributed by atoms with E-state index in [-0.39, 0.29) is 17.3 Å². The predicted octanol–water partition coefficient (Wildman–Crippen LogP) is 6.83. The van der Waals surface area contributed by atoms with Crippen LogP contribution in [0.25, 0.3) is 0 Å². The van der Waals surface area contributed by atoms with Gasteiger partial charge in [0.2, 0.25) is 10.0 Å². The lowest BCUT2D eigenvalue weighted by Crippen LogP contribution is -2.60. The molecule has 1 saturated carbocycles. The molecule has 54 heavy (non-hydrogen) atoms. The summed E-state index contributed by atoms with van der Waals surface area (Å²) in [6, 6.07) is 12.3. The Morgan fingerprint density at radius 2 is 1.87 bits per heavy atom. The van der Waals surface area contributed by atoms with Crippen LogP contribution in [0.5, 0.6) is 5.75 Å². The van der Waals surface area contributed by atoms with Crippen molar-refractivity contribution in [1.82, 2.24) is 14.5 Å². The van der Waals surface area contributed by atoms with Gasteiger partial charge < -0.3 is 14.4 Å². The number of rotatable bonds is 3. The molecule has 6 aliphatic rings. The van der Waals surface area contributed by atoms with Crippen molar-refractivity contribution in [2.75, 3.05) is 64.4 Å². The van der Waals surface area contributed by atoms with Crippen LogP contribution in [0.4, 0.5) is 5.69 Å². The second-order valence-corrected chi connectivity index (χ2v) is 19.9. The van der Waals surface area contributed by atoms with Crippen LogP contribution in [-0.2, 0) is 26.6 Å². The highest BCUT2D eigenvalue weighted by Crippen LogP contribution is 2.49. The molecule has 7 atom stereocenters. The highest BCUT2D eigenvalue weighted by molar-refractivity contribution is 7.90. The third kappa shape index (κ3) is 7.35. The minimum Gasteiger partial charge on any atom is -0.490 e. The first-order chi connectivity index (χ1) is 26.0. The number of aryl methyl sites for hydroxylation is 1. The van der Waals surface area contributed by atoms with Gasteiger partial charge in [0.15, 0.2) is 0 Å². The van der Waals surface area contributed by atoms with E-state index in [2.05, 4.69) is 43.7 Å². The van der Waals surface area contributed by atoms with Gasteiger partial charge in [-0.1, -0.05) is 49.6 Å². The molecule has 2 bridgehead atoms. The van der Waals surface area contributed by atoms with Crippen LogP contribution in [0.3, 0.4) is 0 Å². The average molecular weight is 779 g/mol. The zero-order valence-electron chi connectivity index (χ0n) is 32.4. The normalized spacial score (nSPS) is 35.2. The van der Waals surface area contributed by atoms with Crippen molar-refractivity contribution in [3.05, 3.63) is 70.3 Å². The molecule has 8 rings (SSSR count). The van der Waals surface area contributed by atoms with E-state index in [9.17, 15) is 13.2 Å². The van der Waals surface area contributed by atoms with Crippen LogP contribution < -0.4 is 14.4 Å². The molecule has 4 heterocycles. The lowest BCUT2D eigenvalue weighted by Gasteiger charge is -2.53. The maximum absolute atomic E-state index is 13.7. The Morgan fingerprint density at radius 1 is 1.00 bits per heavy atom. The second kappa shape index (κ2) is 15.4. The van der Waals surface area contributed by atoms with Crippen molar-refractivity contribution >= 4 is 33.2 Å². The Balaban J connectivity index is 1.18. The number of ether oxygens (including phenoxy) is 2. The minimum atomic E-state index is -3.95. The first-order valence-corrected chi connectivity index (χ1v) is 22.5. The molecular weight excluding hydrogens is 720 g/mol.